The zero-order valence-corrected chi connectivity index (χ0v) is 21.9. The second-order valence-electron chi connectivity index (χ2n) is 9.75. The van der Waals surface area contributed by atoms with Crippen LogP contribution in [-0.2, 0) is 10.3 Å². The first-order valence-corrected chi connectivity index (χ1v) is 13.0. The van der Waals surface area contributed by atoms with Gasteiger partial charge in [-0.1, -0.05) is 18.2 Å². The summed E-state index contributed by atoms with van der Waals surface area (Å²) in [6, 6.07) is 24.1. The molecule has 7 nitrogen and oxygen atoms in total. The highest BCUT2D eigenvalue weighted by Crippen LogP contribution is 2.57. The summed E-state index contributed by atoms with van der Waals surface area (Å²) in [5.74, 6) is -0.466. The number of aryl methyl sites for hydroxylation is 1. The summed E-state index contributed by atoms with van der Waals surface area (Å²) in [5, 5.41) is 13.2. The fourth-order valence-corrected chi connectivity index (χ4v) is 5.58. The average molecular weight is 521 g/mol. The zero-order chi connectivity index (χ0) is 27.3. The fourth-order valence-electron chi connectivity index (χ4n) is 5.58. The molecule has 4 aromatic rings. The molecule has 0 saturated heterocycles. The molecule has 2 N–H and O–H groups in total. The number of nitrogens with zero attached hydrogens (tertiary/aromatic N) is 1. The van der Waals surface area contributed by atoms with E-state index in [1.54, 1.807) is 6.07 Å². The van der Waals surface area contributed by atoms with Crippen LogP contribution in [0.2, 0.25) is 0 Å². The Morgan fingerprint density at radius 1 is 0.897 bits per heavy atom. The molecular weight excluding hydrogens is 492 g/mol. The van der Waals surface area contributed by atoms with Crippen molar-refractivity contribution in [3.63, 3.8) is 0 Å². The number of aromatic carboxylic acids is 1. The third-order valence-electron chi connectivity index (χ3n) is 7.56. The maximum absolute atomic E-state index is 13.3. The highest BCUT2D eigenvalue weighted by atomic mass is 16.6. The van der Waals surface area contributed by atoms with Crippen molar-refractivity contribution < 1.29 is 24.2 Å². The number of rotatable bonds is 6. The predicted molar refractivity (Wildman–Crippen MR) is 150 cm³/mol. The van der Waals surface area contributed by atoms with Crippen molar-refractivity contribution in [3.05, 3.63) is 112 Å². The van der Waals surface area contributed by atoms with Gasteiger partial charge >= 0.3 is 11.9 Å². The number of esters is 1. The molecule has 2 heterocycles. The largest absolute Gasteiger partial charge is 0.478 e. The van der Waals surface area contributed by atoms with E-state index in [0.717, 1.165) is 35.7 Å². The molecule has 2 aliphatic rings. The van der Waals surface area contributed by atoms with E-state index in [1.807, 2.05) is 67.6 Å². The molecule has 7 heteroatoms. The summed E-state index contributed by atoms with van der Waals surface area (Å²) in [4.78, 5) is 27.5. The van der Waals surface area contributed by atoms with E-state index < -0.39 is 17.5 Å². The molecule has 0 amide bonds. The van der Waals surface area contributed by atoms with Gasteiger partial charge in [-0.3, -0.25) is 0 Å². The standard InChI is InChI=1S/C32H28N2O5/c1-4-34(5-2)22-12-14-24-29(17-22)38-28-15-19(3)27(33-21-9-7-6-8-10-21)18-26(28)32(24)25-16-20(30(35)36)11-13-23(25)31(37)39-32/h6-18,33H,4-5H2,1-3H3,(H,35,36). The Morgan fingerprint density at radius 3 is 2.36 bits per heavy atom. The number of anilines is 3. The smallest absolute Gasteiger partial charge is 0.340 e. The van der Waals surface area contributed by atoms with Crippen LogP contribution in [0.25, 0.3) is 0 Å². The Kier molecular flexibility index (Phi) is 5.79. The molecule has 39 heavy (non-hydrogen) atoms. The first kappa shape index (κ1) is 24.6. The molecule has 1 unspecified atom stereocenters. The monoisotopic (exact) mass is 520 g/mol. The summed E-state index contributed by atoms with van der Waals surface area (Å²) in [6.07, 6.45) is 0. The maximum Gasteiger partial charge on any atom is 0.340 e. The fraction of sp³-hybridized carbons (Fsp3) is 0.188. The van der Waals surface area contributed by atoms with E-state index in [4.69, 9.17) is 9.47 Å². The molecule has 196 valence electrons. The molecule has 4 aromatic carbocycles. The Bertz CT molecular complexity index is 1630. The molecule has 1 atom stereocenters. The highest BCUT2D eigenvalue weighted by molar-refractivity contribution is 5.99. The minimum absolute atomic E-state index is 0.0792. The summed E-state index contributed by atoms with van der Waals surface area (Å²) >= 11 is 0. The van der Waals surface area contributed by atoms with Gasteiger partial charge in [-0.25, -0.2) is 9.59 Å². The van der Waals surface area contributed by atoms with Gasteiger partial charge < -0.3 is 24.8 Å². The maximum atomic E-state index is 13.3. The van der Waals surface area contributed by atoms with E-state index in [1.165, 1.54) is 12.1 Å². The van der Waals surface area contributed by atoms with E-state index in [9.17, 15) is 14.7 Å². The van der Waals surface area contributed by atoms with Crippen LogP contribution in [0.1, 0.15) is 56.8 Å². The van der Waals surface area contributed by atoms with Gasteiger partial charge in [0.2, 0.25) is 0 Å². The van der Waals surface area contributed by atoms with Gasteiger partial charge in [-0.15, -0.1) is 0 Å². The van der Waals surface area contributed by atoms with Crippen molar-refractivity contribution in [1.29, 1.82) is 0 Å². The van der Waals surface area contributed by atoms with Crippen LogP contribution in [0, 0.1) is 6.92 Å². The Labute approximate surface area is 226 Å². The number of hydrogen-bond donors (Lipinski definition) is 2. The van der Waals surface area contributed by atoms with Crippen molar-refractivity contribution in [2.75, 3.05) is 23.3 Å². The van der Waals surface area contributed by atoms with E-state index in [-0.39, 0.29) is 5.56 Å². The SMILES string of the molecule is CCN(CC)c1ccc2c(c1)Oc1cc(C)c(Nc3ccccc3)cc1C21OC(=O)c2ccc(C(=O)O)cc21. The molecule has 6 rings (SSSR count). The quantitative estimate of drug-likeness (QED) is 0.269. The normalized spacial score (nSPS) is 16.5. The summed E-state index contributed by atoms with van der Waals surface area (Å²) in [5.41, 5.74) is 4.48. The van der Waals surface area contributed by atoms with E-state index >= 15 is 0 Å². The van der Waals surface area contributed by atoms with Gasteiger partial charge in [-0.05, 0) is 80.9 Å². The highest BCUT2D eigenvalue weighted by Gasteiger charge is 2.54. The predicted octanol–water partition coefficient (Wildman–Crippen LogP) is 6.85. The Morgan fingerprint density at radius 2 is 1.64 bits per heavy atom. The first-order valence-electron chi connectivity index (χ1n) is 13.0. The summed E-state index contributed by atoms with van der Waals surface area (Å²) in [6.45, 7) is 7.82. The number of carbonyl (C=O) groups excluding carboxylic acids is 1. The van der Waals surface area contributed by atoms with Gasteiger partial charge in [0.1, 0.15) is 11.5 Å². The first-order chi connectivity index (χ1) is 18.8. The summed E-state index contributed by atoms with van der Waals surface area (Å²) < 4.78 is 12.8. The van der Waals surface area contributed by atoms with E-state index in [2.05, 4.69) is 24.1 Å². The lowest BCUT2D eigenvalue weighted by Gasteiger charge is -2.38. The number of ether oxygens (including phenoxy) is 2. The van der Waals surface area contributed by atoms with Gasteiger partial charge in [0.15, 0.2) is 5.60 Å². The number of nitrogens with one attached hydrogen (secondary N) is 1. The van der Waals surface area contributed by atoms with Crippen LogP contribution in [0.4, 0.5) is 17.1 Å². The second-order valence-corrected chi connectivity index (χ2v) is 9.75. The molecule has 0 bridgehead atoms. The number of carbonyl (C=O) groups is 2. The van der Waals surface area contributed by atoms with Crippen LogP contribution >= 0.6 is 0 Å². The lowest BCUT2D eigenvalue weighted by atomic mass is 9.76. The summed E-state index contributed by atoms with van der Waals surface area (Å²) in [7, 11) is 0. The number of para-hydroxylation sites is 1. The number of benzene rings is 4. The van der Waals surface area contributed by atoms with Crippen molar-refractivity contribution >= 4 is 29.0 Å². The van der Waals surface area contributed by atoms with E-state index in [0.29, 0.717) is 33.8 Å². The van der Waals surface area contributed by atoms with Gasteiger partial charge in [-0.2, -0.15) is 0 Å². The van der Waals surface area contributed by atoms with Crippen LogP contribution in [-0.4, -0.2) is 30.1 Å². The van der Waals surface area contributed by atoms with Crippen LogP contribution in [0.15, 0.2) is 78.9 Å². The number of carboxylic acid groups (broad SMARTS) is 1. The average Bonchev–Trinajstić information content (AvgIpc) is 3.23. The molecule has 1 spiro atoms. The number of fused-ring (bicyclic) bond motifs is 6. The van der Waals surface area contributed by atoms with Crippen molar-refractivity contribution in [3.8, 4) is 11.5 Å². The van der Waals surface area contributed by atoms with Crippen LogP contribution in [0.5, 0.6) is 11.5 Å². The molecule has 0 saturated carbocycles. The Balaban J connectivity index is 1.62. The lowest BCUT2D eigenvalue weighted by molar-refractivity contribution is 0.0224. The topological polar surface area (TPSA) is 88.1 Å². The minimum Gasteiger partial charge on any atom is -0.478 e. The molecule has 2 aliphatic heterocycles. The minimum atomic E-state index is -1.37. The molecule has 0 radical (unpaired) electrons. The van der Waals surface area contributed by atoms with Gasteiger partial charge in [0.05, 0.1) is 11.1 Å². The van der Waals surface area contributed by atoms with Gasteiger partial charge in [0, 0.05) is 52.9 Å². The van der Waals surface area contributed by atoms with Crippen molar-refractivity contribution in [2.45, 2.75) is 26.4 Å². The number of hydrogen-bond acceptors (Lipinski definition) is 6. The number of carboxylic acids is 1. The van der Waals surface area contributed by atoms with Crippen molar-refractivity contribution in [1.82, 2.24) is 0 Å². The lowest BCUT2D eigenvalue weighted by Crippen LogP contribution is -2.33. The van der Waals surface area contributed by atoms with Crippen molar-refractivity contribution in [2.24, 2.45) is 0 Å². The van der Waals surface area contributed by atoms with Crippen LogP contribution in [0.3, 0.4) is 0 Å². The second kappa shape index (κ2) is 9.20. The van der Waals surface area contributed by atoms with Crippen LogP contribution < -0.4 is 15.0 Å². The zero-order valence-electron chi connectivity index (χ0n) is 21.9. The Hall–Kier alpha value is -4.78. The third-order valence-corrected chi connectivity index (χ3v) is 7.56. The molecule has 0 aliphatic carbocycles. The molecule has 0 aromatic heterocycles. The molecular formula is C32H28N2O5. The third kappa shape index (κ3) is 3.81. The van der Waals surface area contributed by atoms with Gasteiger partial charge in [0.25, 0.3) is 0 Å². The molecule has 0 fully saturated rings.